The number of fused-ring (bicyclic) bond motifs is 1. The summed E-state index contributed by atoms with van der Waals surface area (Å²) in [6, 6.07) is 8.10. The molecule has 18 heavy (non-hydrogen) atoms. The highest BCUT2D eigenvalue weighted by Gasteiger charge is 2.03. The van der Waals surface area contributed by atoms with Crippen molar-refractivity contribution in [3.63, 3.8) is 0 Å². The van der Waals surface area contributed by atoms with E-state index in [1.807, 2.05) is 37.0 Å². The van der Waals surface area contributed by atoms with Crippen LogP contribution >= 0.6 is 0 Å². The molecule has 0 radical (unpaired) electrons. The topological polar surface area (TPSA) is 43.0 Å². The predicted molar refractivity (Wildman–Crippen MR) is 70.1 cm³/mol. The van der Waals surface area contributed by atoms with Crippen molar-refractivity contribution in [2.75, 3.05) is 6.54 Å². The first-order chi connectivity index (χ1) is 8.93. The molecule has 0 fully saturated rings. The number of benzene rings is 1. The van der Waals surface area contributed by atoms with Crippen LogP contribution < -0.4 is 5.32 Å². The van der Waals surface area contributed by atoms with Gasteiger partial charge in [-0.05, 0) is 6.07 Å². The van der Waals surface area contributed by atoms with Gasteiger partial charge in [-0.15, -0.1) is 0 Å². The van der Waals surface area contributed by atoms with Gasteiger partial charge in [0.05, 0.1) is 12.6 Å². The summed E-state index contributed by atoms with van der Waals surface area (Å²) in [4.78, 5) is 4.01. The number of imidazole rings is 1. The summed E-state index contributed by atoms with van der Waals surface area (Å²) in [6.45, 7) is 2.66. The molecule has 3 aromatic rings. The molecule has 0 unspecified atom stereocenters. The highest BCUT2D eigenvalue weighted by Crippen LogP contribution is 2.20. The summed E-state index contributed by atoms with van der Waals surface area (Å²) in [5.41, 5.74) is 2.15. The van der Waals surface area contributed by atoms with Crippen LogP contribution in [0.5, 0.6) is 0 Å². The molecular weight excluding hydrogens is 226 g/mol. The lowest BCUT2D eigenvalue weighted by atomic mass is 10.2. The summed E-state index contributed by atoms with van der Waals surface area (Å²) in [7, 11) is 0. The Bertz CT molecular complexity index is 613. The summed E-state index contributed by atoms with van der Waals surface area (Å²) in [5, 5.41) is 4.60. The third-order valence-electron chi connectivity index (χ3n) is 2.98. The van der Waals surface area contributed by atoms with Gasteiger partial charge < -0.3 is 14.3 Å². The number of nitrogens with one attached hydrogen (secondary N) is 1. The quantitative estimate of drug-likeness (QED) is 0.698. The van der Waals surface area contributed by atoms with Crippen LogP contribution in [0.4, 0.5) is 0 Å². The molecule has 0 aliphatic heterocycles. The van der Waals surface area contributed by atoms with Gasteiger partial charge in [0.25, 0.3) is 0 Å². The molecule has 3 rings (SSSR count). The lowest BCUT2D eigenvalue weighted by molar-refractivity contribution is 0.581. The molecule has 0 aliphatic rings. The Kier molecular flexibility index (Phi) is 3.10. The average Bonchev–Trinajstić information content (AvgIpc) is 3.04. The van der Waals surface area contributed by atoms with E-state index in [1.165, 1.54) is 10.9 Å². The number of rotatable bonds is 5. The molecule has 1 N–H and O–H groups in total. The van der Waals surface area contributed by atoms with Crippen LogP contribution in [-0.4, -0.2) is 16.1 Å². The maximum Gasteiger partial charge on any atom is 0.134 e. The number of hydrogen-bond acceptors (Lipinski definition) is 3. The fraction of sp³-hybridized carbons (Fsp3) is 0.214. The summed E-state index contributed by atoms with van der Waals surface area (Å²) >= 11 is 0. The molecule has 0 saturated carbocycles. The number of aromatic nitrogens is 2. The van der Waals surface area contributed by atoms with Crippen LogP contribution in [0.25, 0.3) is 11.0 Å². The second kappa shape index (κ2) is 5.06. The van der Waals surface area contributed by atoms with Gasteiger partial charge in [0.15, 0.2) is 0 Å². The lowest BCUT2D eigenvalue weighted by Crippen LogP contribution is -2.18. The first-order valence-electron chi connectivity index (χ1n) is 6.05. The zero-order valence-electron chi connectivity index (χ0n) is 10.0. The van der Waals surface area contributed by atoms with E-state index in [0.29, 0.717) is 0 Å². The average molecular weight is 241 g/mol. The lowest BCUT2D eigenvalue weighted by Gasteiger charge is -2.04. The SMILES string of the molecule is c1ccc2c(CNCCn3ccnc3)coc2c1. The number of hydrogen-bond donors (Lipinski definition) is 1. The van der Waals surface area contributed by atoms with Crippen molar-refractivity contribution < 1.29 is 4.42 Å². The molecular formula is C14H15N3O. The largest absolute Gasteiger partial charge is 0.464 e. The van der Waals surface area contributed by atoms with Crippen LogP contribution in [0.2, 0.25) is 0 Å². The van der Waals surface area contributed by atoms with Gasteiger partial charge in [0.2, 0.25) is 0 Å². The Morgan fingerprint density at radius 2 is 2.22 bits per heavy atom. The van der Waals surface area contributed by atoms with Gasteiger partial charge >= 0.3 is 0 Å². The molecule has 2 aromatic heterocycles. The van der Waals surface area contributed by atoms with Crippen LogP contribution in [0.3, 0.4) is 0 Å². The van der Waals surface area contributed by atoms with E-state index in [9.17, 15) is 0 Å². The van der Waals surface area contributed by atoms with Gasteiger partial charge in [-0.25, -0.2) is 4.98 Å². The Balaban J connectivity index is 1.57. The van der Waals surface area contributed by atoms with E-state index in [4.69, 9.17) is 4.42 Å². The van der Waals surface area contributed by atoms with Crippen LogP contribution in [-0.2, 0) is 13.1 Å². The van der Waals surface area contributed by atoms with Crippen molar-refractivity contribution in [3.8, 4) is 0 Å². The monoisotopic (exact) mass is 241 g/mol. The molecule has 0 aliphatic carbocycles. The first-order valence-corrected chi connectivity index (χ1v) is 6.05. The summed E-state index contributed by atoms with van der Waals surface area (Å²) in [6.07, 6.45) is 7.42. The molecule has 0 saturated heterocycles. The molecule has 92 valence electrons. The van der Waals surface area contributed by atoms with E-state index >= 15 is 0 Å². The second-order valence-corrected chi connectivity index (χ2v) is 4.23. The van der Waals surface area contributed by atoms with Crippen molar-refractivity contribution in [1.82, 2.24) is 14.9 Å². The minimum absolute atomic E-state index is 0.825. The Labute approximate surface area is 105 Å². The minimum atomic E-state index is 0.825. The van der Waals surface area contributed by atoms with Crippen molar-refractivity contribution in [1.29, 1.82) is 0 Å². The summed E-state index contributed by atoms with van der Waals surface area (Å²) in [5.74, 6) is 0. The number of furan rings is 1. The van der Waals surface area contributed by atoms with Gasteiger partial charge in [-0.1, -0.05) is 18.2 Å². The normalized spacial score (nSPS) is 11.1. The van der Waals surface area contributed by atoms with Crippen molar-refractivity contribution in [2.24, 2.45) is 0 Å². The van der Waals surface area contributed by atoms with Gasteiger partial charge in [0.1, 0.15) is 5.58 Å². The van der Waals surface area contributed by atoms with Gasteiger partial charge in [0, 0.05) is 43.0 Å². The van der Waals surface area contributed by atoms with Crippen LogP contribution in [0, 0.1) is 0 Å². The zero-order valence-corrected chi connectivity index (χ0v) is 10.0. The molecule has 1 aromatic carbocycles. The van der Waals surface area contributed by atoms with Gasteiger partial charge in [-0.2, -0.15) is 0 Å². The van der Waals surface area contributed by atoms with Gasteiger partial charge in [-0.3, -0.25) is 0 Å². The highest BCUT2D eigenvalue weighted by molar-refractivity contribution is 5.80. The second-order valence-electron chi connectivity index (χ2n) is 4.23. The molecule has 4 nitrogen and oxygen atoms in total. The molecule has 0 amide bonds. The molecule has 4 heteroatoms. The fourth-order valence-corrected chi connectivity index (χ4v) is 2.02. The Morgan fingerprint density at radius 1 is 1.28 bits per heavy atom. The predicted octanol–water partition coefficient (Wildman–Crippen LogP) is 2.42. The smallest absolute Gasteiger partial charge is 0.134 e. The highest BCUT2D eigenvalue weighted by atomic mass is 16.3. The number of para-hydroxylation sites is 1. The summed E-state index contributed by atoms with van der Waals surface area (Å²) < 4.78 is 7.55. The van der Waals surface area contributed by atoms with E-state index in [0.717, 1.165) is 25.2 Å². The maximum absolute atomic E-state index is 5.50. The van der Waals surface area contributed by atoms with Crippen molar-refractivity contribution in [2.45, 2.75) is 13.1 Å². The molecule has 0 atom stereocenters. The Morgan fingerprint density at radius 3 is 3.11 bits per heavy atom. The number of nitrogens with zero attached hydrogens (tertiary/aromatic N) is 2. The standard InChI is InChI=1S/C14H15N3O/c1-2-4-14-13(3-1)12(10-18-14)9-15-5-7-17-8-6-16-11-17/h1-4,6,8,10-11,15H,5,7,9H2. The molecule has 0 spiro atoms. The third-order valence-corrected chi connectivity index (χ3v) is 2.98. The fourth-order valence-electron chi connectivity index (χ4n) is 2.02. The third kappa shape index (κ3) is 2.28. The molecule has 2 heterocycles. The van der Waals surface area contributed by atoms with E-state index in [1.54, 1.807) is 6.20 Å². The maximum atomic E-state index is 5.50. The van der Waals surface area contributed by atoms with Crippen molar-refractivity contribution in [3.05, 3.63) is 54.8 Å². The van der Waals surface area contributed by atoms with E-state index in [2.05, 4.69) is 20.9 Å². The van der Waals surface area contributed by atoms with Crippen molar-refractivity contribution >= 4 is 11.0 Å². The zero-order chi connectivity index (χ0) is 12.2. The minimum Gasteiger partial charge on any atom is -0.464 e. The van der Waals surface area contributed by atoms with E-state index in [-0.39, 0.29) is 0 Å². The molecule has 0 bridgehead atoms. The Hall–Kier alpha value is -2.07. The first kappa shape index (κ1) is 11.0. The van der Waals surface area contributed by atoms with Crippen LogP contribution in [0.15, 0.2) is 53.7 Å². The van der Waals surface area contributed by atoms with E-state index < -0.39 is 0 Å². The van der Waals surface area contributed by atoms with Crippen LogP contribution in [0.1, 0.15) is 5.56 Å².